The van der Waals surface area contributed by atoms with Gasteiger partial charge in [0.25, 0.3) is 0 Å². The number of benzene rings is 1. The van der Waals surface area contributed by atoms with E-state index in [0.29, 0.717) is 0 Å². The highest BCUT2D eigenvalue weighted by molar-refractivity contribution is 5.72. The standard InChI is InChI=1S/C12H12N2O3/c1-17-11(15)8-9-2-4-10(5-3-9)14-7-6-13-12(14)16/h2-7H,8H2,1H3,(H,13,16). The minimum atomic E-state index is -0.281. The second-order valence-electron chi connectivity index (χ2n) is 3.55. The van der Waals surface area contributed by atoms with E-state index in [4.69, 9.17) is 0 Å². The van der Waals surface area contributed by atoms with Crippen LogP contribution >= 0.6 is 0 Å². The largest absolute Gasteiger partial charge is 0.469 e. The first-order chi connectivity index (χ1) is 8.20. The van der Waals surface area contributed by atoms with Crippen LogP contribution in [0.1, 0.15) is 5.56 Å². The van der Waals surface area contributed by atoms with Crippen LogP contribution in [0.4, 0.5) is 0 Å². The Kier molecular flexibility index (Phi) is 3.09. The molecule has 1 heterocycles. The summed E-state index contributed by atoms with van der Waals surface area (Å²) in [5.74, 6) is -0.281. The Bertz CT molecular complexity index is 566. The topological polar surface area (TPSA) is 64.1 Å². The Morgan fingerprint density at radius 2 is 2.06 bits per heavy atom. The highest BCUT2D eigenvalue weighted by atomic mass is 16.5. The van der Waals surface area contributed by atoms with E-state index in [2.05, 4.69) is 9.72 Å². The third kappa shape index (κ3) is 2.44. The second-order valence-corrected chi connectivity index (χ2v) is 3.55. The molecule has 0 radical (unpaired) electrons. The quantitative estimate of drug-likeness (QED) is 0.799. The number of nitrogens with zero attached hydrogens (tertiary/aromatic N) is 1. The molecule has 0 fully saturated rings. The van der Waals surface area contributed by atoms with E-state index in [1.807, 2.05) is 0 Å². The van der Waals surface area contributed by atoms with E-state index in [1.54, 1.807) is 36.7 Å². The fraction of sp³-hybridized carbons (Fsp3) is 0.167. The molecule has 5 nitrogen and oxygen atoms in total. The van der Waals surface area contributed by atoms with Crippen molar-refractivity contribution in [3.8, 4) is 5.69 Å². The van der Waals surface area contributed by atoms with Gasteiger partial charge in [-0.15, -0.1) is 0 Å². The van der Waals surface area contributed by atoms with Gasteiger partial charge in [0.1, 0.15) is 0 Å². The van der Waals surface area contributed by atoms with Gasteiger partial charge in [-0.25, -0.2) is 4.79 Å². The van der Waals surface area contributed by atoms with Gasteiger partial charge in [0, 0.05) is 12.4 Å². The third-order valence-corrected chi connectivity index (χ3v) is 2.44. The van der Waals surface area contributed by atoms with Crippen LogP contribution < -0.4 is 5.69 Å². The van der Waals surface area contributed by atoms with Crippen molar-refractivity contribution in [3.05, 3.63) is 52.7 Å². The molecule has 5 heteroatoms. The van der Waals surface area contributed by atoms with Crippen molar-refractivity contribution in [1.82, 2.24) is 9.55 Å². The van der Waals surface area contributed by atoms with Crippen molar-refractivity contribution in [1.29, 1.82) is 0 Å². The molecular formula is C12H12N2O3. The predicted molar refractivity (Wildman–Crippen MR) is 62.1 cm³/mol. The van der Waals surface area contributed by atoms with Crippen LogP contribution in [0.15, 0.2) is 41.5 Å². The Balaban J connectivity index is 2.22. The van der Waals surface area contributed by atoms with Crippen molar-refractivity contribution in [2.24, 2.45) is 0 Å². The molecule has 2 rings (SSSR count). The van der Waals surface area contributed by atoms with E-state index in [-0.39, 0.29) is 18.1 Å². The molecule has 0 unspecified atom stereocenters. The zero-order chi connectivity index (χ0) is 12.3. The number of nitrogens with one attached hydrogen (secondary N) is 1. The zero-order valence-corrected chi connectivity index (χ0v) is 9.34. The molecule has 0 aliphatic heterocycles. The van der Waals surface area contributed by atoms with Gasteiger partial charge in [-0.2, -0.15) is 0 Å². The lowest BCUT2D eigenvalue weighted by Gasteiger charge is -2.03. The predicted octanol–water partition coefficient (Wildman–Crippen LogP) is 0.881. The number of aromatic amines is 1. The summed E-state index contributed by atoms with van der Waals surface area (Å²) >= 11 is 0. The molecule has 1 N–H and O–H groups in total. The molecular weight excluding hydrogens is 220 g/mol. The number of aromatic nitrogens is 2. The Morgan fingerprint density at radius 3 is 2.59 bits per heavy atom. The molecule has 0 atom stereocenters. The lowest BCUT2D eigenvalue weighted by molar-refractivity contribution is -0.139. The molecule has 88 valence electrons. The van der Waals surface area contributed by atoms with Crippen molar-refractivity contribution >= 4 is 5.97 Å². The summed E-state index contributed by atoms with van der Waals surface area (Å²) in [6, 6.07) is 7.17. The third-order valence-electron chi connectivity index (χ3n) is 2.44. The Labute approximate surface area is 97.7 Å². The number of H-pyrrole nitrogens is 1. The molecule has 0 aliphatic carbocycles. The van der Waals surface area contributed by atoms with Gasteiger partial charge in [0.05, 0.1) is 19.2 Å². The molecule has 17 heavy (non-hydrogen) atoms. The normalized spacial score (nSPS) is 10.2. The number of rotatable bonds is 3. The van der Waals surface area contributed by atoms with Crippen molar-refractivity contribution < 1.29 is 9.53 Å². The number of methoxy groups -OCH3 is 1. The molecule has 0 saturated heterocycles. The van der Waals surface area contributed by atoms with E-state index in [0.717, 1.165) is 11.3 Å². The highest BCUT2D eigenvalue weighted by Crippen LogP contribution is 2.08. The lowest BCUT2D eigenvalue weighted by atomic mass is 10.1. The maximum absolute atomic E-state index is 11.4. The number of hydrogen-bond donors (Lipinski definition) is 1. The van der Waals surface area contributed by atoms with Crippen LogP contribution in [0.25, 0.3) is 5.69 Å². The first-order valence-corrected chi connectivity index (χ1v) is 5.13. The smallest absolute Gasteiger partial charge is 0.330 e. The highest BCUT2D eigenvalue weighted by Gasteiger charge is 2.04. The van der Waals surface area contributed by atoms with Crippen LogP contribution in [-0.4, -0.2) is 22.6 Å². The molecule has 1 aromatic carbocycles. The molecule has 2 aromatic rings. The van der Waals surface area contributed by atoms with Gasteiger partial charge >= 0.3 is 11.7 Å². The second kappa shape index (κ2) is 4.69. The SMILES string of the molecule is COC(=O)Cc1ccc(-n2cc[nH]c2=O)cc1. The zero-order valence-electron chi connectivity index (χ0n) is 9.34. The molecule has 0 saturated carbocycles. The maximum atomic E-state index is 11.4. The first kappa shape index (κ1) is 11.2. The average Bonchev–Trinajstić information content (AvgIpc) is 2.76. The molecule has 0 bridgehead atoms. The van der Waals surface area contributed by atoms with E-state index in [1.165, 1.54) is 11.7 Å². The minimum absolute atomic E-state index is 0.189. The van der Waals surface area contributed by atoms with E-state index < -0.39 is 0 Å². The Hall–Kier alpha value is -2.30. The number of carbonyl (C=O) groups is 1. The lowest BCUT2D eigenvalue weighted by Crippen LogP contribution is -2.14. The fourth-order valence-corrected chi connectivity index (χ4v) is 1.54. The van der Waals surface area contributed by atoms with Crippen LogP contribution in [0.5, 0.6) is 0 Å². The molecule has 1 aromatic heterocycles. The van der Waals surface area contributed by atoms with Gasteiger partial charge in [0.2, 0.25) is 0 Å². The Morgan fingerprint density at radius 1 is 1.35 bits per heavy atom. The van der Waals surface area contributed by atoms with E-state index >= 15 is 0 Å². The summed E-state index contributed by atoms with van der Waals surface area (Å²) in [4.78, 5) is 25.0. The summed E-state index contributed by atoms with van der Waals surface area (Å²) in [6.07, 6.45) is 3.46. The number of hydrogen-bond acceptors (Lipinski definition) is 3. The molecule has 0 spiro atoms. The van der Waals surface area contributed by atoms with Crippen LogP contribution in [0.2, 0.25) is 0 Å². The minimum Gasteiger partial charge on any atom is -0.469 e. The average molecular weight is 232 g/mol. The first-order valence-electron chi connectivity index (χ1n) is 5.13. The fourth-order valence-electron chi connectivity index (χ4n) is 1.54. The number of imidazole rings is 1. The maximum Gasteiger partial charge on any atom is 0.330 e. The van der Waals surface area contributed by atoms with Crippen LogP contribution in [0.3, 0.4) is 0 Å². The monoisotopic (exact) mass is 232 g/mol. The molecule has 0 amide bonds. The van der Waals surface area contributed by atoms with Crippen molar-refractivity contribution in [2.45, 2.75) is 6.42 Å². The number of ether oxygens (including phenoxy) is 1. The summed E-state index contributed by atoms with van der Waals surface area (Å²) in [7, 11) is 1.36. The summed E-state index contributed by atoms with van der Waals surface area (Å²) in [6.45, 7) is 0. The number of carbonyl (C=O) groups excluding carboxylic acids is 1. The summed E-state index contributed by atoms with van der Waals surface area (Å²) in [5, 5.41) is 0. The van der Waals surface area contributed by atoms with Crippen molar-refractivity contribution in [2.75, 3.05) is 7.11 Å². The van der Waals surface area contributed by atoms with Gasteiger partial charge in [-0.1, -0.05) is 12.1 Å². The van der Waals surface area contributed by atoms with Gasteiger partial charge in [-0.3, -0.25) is 9.36 Å². The van der Waals surface area contributed by atoms with Gasteiger partial charge < -0.3 is 9.72 Å². The summed E-state index contributed by atoms with van der Waals surface area (Å²) < 4.78 is 6.06. The number of esters is 1. The van der Waals surface area contributed by atoms with Crippen LogP contribution in [-0.2, 0) is 16.0 Å². The molecule has 0 aliphatic rings. The van der Waals surface area contributed by atoms with Gasteiger partial charge in [-0.05, 0) is 17.7 Å². The van der Waals surface area contributed by atoms with Crippen LogP contribution in [0, 0.1) is 0 Å². The van der Waals surface area contributed by atoms with Crippen molar-refractivity contribution in [3.63, 3.8) is 0 Å². The summed E-state index contributed by atoms with van der Waals surface area (Å²) in [5.41, 5.74) is 1.42. The van der Waals surface area contributed by atoms with E-state index in [9.17, 15) is 9.59 Å². The van der Waals surface area contributed by atoms with Gasteiger partial charge in [0.15, 0.2) is 0 Å².